The van der Waals surface area contributed by atoms with Crippen LogP contribution in [0.5, 0.6) is 11.5 Å². The largest absolute Gasteiger partial charge is 0.497 e. The average Bonchev–Trinajstić information content (AvgIpc) is 2.46. The van der Waals surface area contributed by atoms with Gasteiger partial charge in [-0.1, -0.05) is 0 Å². The van der Waals surface area contributed by atoms with Crippen molar-refractivity contribution in [3.05, 3.63) is 23.8 Å². The Morgan fingerprint density at radius 3 is 2.62 bits per heavy atom. The van der Waals surface area contributed by atoms with Gasteiger partial charge >= 0.3 is 0 Å². The van der Waals surface area contributed by atoms with Gasteiger partial charge in [-0.15, -0.1) is 0 Å². The highest BCUT2D eigenvalue weighted by Crippen LogP contribution is 2.25. The number of methoxy groups -OCH3 is 2. The lowest BCUT2D eigenvalue weighted by Crippen LogP contribution is -2.46. The second-order valence-corrected chi connectivity index (χ2v) is 5.35. The maximum Gasteiger partial charge on any atom is 0.193 e. The maximum atomic E-state index is 5.45. The Labute approximate surface area is 127 Å². The third-order valence-corrected chi connectivity index (χ3v) is 3.91. The molecule has 1 aliphatic carbocycles. The van der Waals surface area contributed by atoms with E-state index in [1.165, 1.54) is 19.3 Å². The van der Waals surface area contributed by atoms with Crippen molar-refractivity contribution < 1.29 is 9.47 Å². The van der Waals surface area contributed by atoms with Gasteiger partial charge in [0.2, 0.25) is 0 Å². The molecule has 116 valence electrons. The highest BCUT2D eigenvalue weighted by atomic mass is 16.5. The first-order valence-corrected chi connectivity index (χ1v) is 7.33. The fourth-order valence-electron chi connectivity index (χ4n) is 2.39. The van der Waals surface area contributed by atoms with Crippen LogP contribution in [0.4, 0.5) is 0 Å². The number of guanidine groups is 1. The smallest absolute Gasteiger partial charge is 0.193 e. The number of nitrogens with one attached hydrogen (secondary N) is 1. The molecule has 0 heterocycles. The molecule has 0 amide bonds. The molecule has 2 rings (SSSR count). The van der Waals surface area contributed by atoms with E-state index in [2.05, 4.69) is 15.2 Å². The minimum atomic E-state index is 0.573. The van der Waals surface area contributed by atoms with Crippen molar-refractivity contribution in [3.8, 4) is 11.5 Å². The lowest BCUT2D eigenvalue weighted by Gasteiger charge is -2.31. The zero-order valence-corrected chi connectivity index (χ0v) is 13.3. The lowest BCUT2D eigenvalue weighted by molar-refractivity contribution is 0.355. The second kappa shape index (κ2) is 7.20. The molecule has 0 atom stereocenters. The van der Waals surface area contributed by atoms with Crippen LogP contribution in [-0.4, -0.2) is 45.2 Å². The fraction of sp³-hybridized carbons (Fsp3) is 0.562. The average molecular weight is 291 g/mol. The number of benzene rings is 1. The van der Waals surface area contributed by atoms with Crippen LogP contribution in [0.2, 0.25) is 0 Å². The van der Waals surface area contributed by atoms with Gasteiger partial charge < -0.3 is 19.7 Å². The summed E-state index contributed by atoms with van der Waals surface area (Å²) in [6, 6.07) is 6.47. The zero-order valence-electron chi connectivity index (χ0n) is 13.3. The molecule has 0 spiro atoms. The Morgan fingerprint density at radius 2 is 2.10 bits per heavy atom. The molecule has 1 aliphatic rings. The number of rotatable bonds is 5. The number of hydrogen-bond acceptors (Lipinski definition) is 3. The van der Waals surface area contributed by atoms with Gasteiger partial charge in [0.15, 0.2) is 5.96 Å². The van der Waals surface area contributed by atoms with Crippen molar-refractivity contribution in [1.29, 1.82) is 0 Å². The van der Waals surface area contributed by atoms with Gasteiger partial charge in [0.05, 0.1) is 14.2 Å². The van der Waals surface area contributed by atoms with Crippen LogP contribution in [0, 0.1) is 0 Å². The third-order valence-electron chi connectivity index (χ3n) is 3.91. The quantitative estimate of drug-likeness (QED) is 0.668. The summed E-state index contributed by atoms with van der Waals surface area (Å²) in [7, 11) is 7.20. The lowest BCUT2D eigenvalue weighted by atomic mass is 9.93. The molecule has 1 aromatic carbocycles. The molecule has 1 saturated carbocycles. The Morgan fingerprint density at radius 1 is 1.33 bits per heavy atom. The predicted octanol–water partition coefficient (Wildman–Crippen LogP) is 2.26. The molecule has 0 radical (unpaired) electrons. The van der Waals surface area contributed by atoms with Gasteiger partial charge in [-0.05, 0) is 31.4 Å². The fourth-order valence-corrected chi connectivity index (χ4v) is 2.39. The van der Waals surface area contributed by atoms with E-state index < -0.39 is 0 Å². The van der Waals surface area contributed by atoms with Crippen LogP contribution in [0.3, 0.4) is 0 Å². The van der Waals surface area contributed by atoms with Crippen LogP contribution in [0.15, 0.2) is 23.2 Å². The molecule has 1 fully saturated rings. The Kier molecular flexibility index (Phi) is 5.31. The number of nitrogens with zero attached hydrogens (tertiary/aromatic N) is 2. The highest BCUT2D eigenvalue weighted by Gasteiger charge is 2.20. The van der Waals surface area contributed by atoms with E-state index in [1.807, 2.05) is 32.3 Å². The molecule has 5 nitrogen and oxygen atoms in total. The Bertz CT molecular complexity index is 498. The normalized spacial score (nSPS) is 15.3. The summed E-state index contributed by atoms with van der Waals surface area (Å²) in [5, 5.41) is 3.49. The molecular formula is C16H25N3O2. The van der Waals surface area contributed by atoms with Crippen molar-refractivity contribution >= 4 is 5.96 Å². The van der Waals surface area contributed by atoms with Gasteiger partial charge in [0.1, 0.15) is 11.5 Å². The Balaban J connectivity index is 2.05. The van der Waals surface area contributed by atoms with Crippen LogP contribution in [-0.2, 0) is 6.54 Å². The topological polar surface area (TPSA) is 46.1 Å². The summed E-state index contributed by atoms with van der Waals surface area (Å²) < 4.78 is 10.7. The number of ether oxygens (including phenoxy) is 2. The van der Waals surface area contributed by atoms with E-state index in [9.17, 15) is 0 Å². The van der Waals surface area contributed by atoms with Crippen molar-refractivity contribution in [2.75, 3.05) is 28.3 Å². The van der Waals surface area contributed by atoms with Gasteiger partial charge in [0, 0.05) is 38.3 Å². The van der Waals surface area contributed by atoms with E-state index in [0.29, 0.717) is 6.04 Å². The standard InChI is InChI=1S/C16H25N3O2/c1-17-16(18-13-6-5-7-13)19(2)11-12-8-9-14(20-3)10-15(12)21-4/h8-10,13H,5-7,11H2,1-4H3,(H,17,18). The van der Waals surface area contributed by atoms with Crippen molar-refractivity contribution in [3.63, 3.8) is 0 Å². The first-order chi connectivity index (χ1) is 10.2. The Hall–Kier alpha value is -1.91. The number of hydrogen-bond donors (Lipinski definition) is 1. The van der Waals surface area contributed by atoms with Crippen molar-refractivity contribution in [2.24, 2.45) is 4.99 Å². The maximum absolute atomic E-state index is 5.45. The summed E-state index contributed by atoms with van der Waals surface area (Å²) in [5.41, 5.74) is 1.11. The second-order valence-electron chi connectivity index (χ2n) is 5.35. The van der Waals surface area contributed by atoms with Crippen LogP contribution in [0.25, 0.3) is 0 Å². The minimum absolute atomic E-state index is 0.573. The first kappa shape index (κ1) is 15.5. The monoisotopic (exact) mass is 291 g/mol. The molecule has 0 aliphatic heterocycles. The first-order valence-electron chi connectivity index (χ1n) is 7.33. The minimum Gasteiger partial charge on any atom is -0.497 e. The van der Waals surface area contributed by atoms with Crippen LogP contribution < -0.4 is 14.8 Å². The van der Waals surface area contributed by atoms with E-state index in [-0.39, 0.29) is 0 Å². The van der Waals surface area contributed by atoms with E-state index in [4.69, 9.17) is 9.47 Å². The third kappa shape index (κ3) is 3.80. The van der Waals surface area contributed by atoms with E-state index in [0.717, 1.165) is 29.6 Å². The molecule has 1 N–H and O–H groups in total. The number of aliphatic imine (C=N–C) groups is 1. The van der Waals surface area contributed by atoms with Gasteiger partial charge in [0.25, 0.3) is 0 Å². The van der Waals surface area contributed by atoms with Gasteiger partial charge in [-0.25, -0.2) is 0 Å². The van der Waals surface area contributed by atoms with Gasteiger partial charge in [-0.2, -0.15) is 0 Å². The summed E-state index contributed by atoms with van der Waals surface area (Å²) in [5.74, 6) is 2.56. The van der Waals surface area contributed by atoms with Crippen molar-refractivity contribution in [2.45, 2.75) is 31.8 Å². The molecule has 1 aromatic rings. The summed E-state index contributed by atoms with van der Waals surface area (Å²) in [6.45, 7) is 0.736. The molecule has 0 aromatic heterocycles. The van der Waals surface area contributed by atoms with Crippen LogP contribution >= 0.6 is 0 Å². The van der Waals surface area contributed by atoms with Crippen molar-refractivity contribution in [1.82, 2.24) is 10.2 Å². The molecular weight excluding hydrogens is 266 g/mol. The van der Waals surface area contributed by atoms with Gasteiger partial charge in [-0.3, -0.25) is 4.99 Å². The molecule has 5 heteroatoms. The predicted molar refractivity (Wildman–Crippen MR) is 85.1 cm³/mol. The molecule has 0 bridgehead atoms. The SMILES string of the molecule is CN=C(NC1CCC1)N(C)Cc1ccc(OC)cc1OC. The summed E-state index contributed by atoms with van der Waals surface area (Å²) in [6.07, 6.45) is 3.78. The highest BCUT2D eigenvalue weighted by molar-refractivity contribution is 5.80. The zero-order chi connectivity index (χ0) is 15.2. The summed E-state index contributed by atoms with van der Waals surface area (Å²) >= 11 is 0. The molecule has 21 heavy (non-hydrogen) atoms. The summed E-state index contributed by atoms with van der Waals surface area (Å²) in [4.78, 5) is 6.47. The van der Waals surface area contributed by atoms with E-state index >= 15 is 0 Å². The van der Waals surface area contributed by atoms with Crippen LogP contribution in [0.1, 0.15) is 24.8 Å². The van der Waals surface area contributed by atoms with E-state index in [1.54, 1.807) is 14.2 Å². The molecule has 0 saturated heterocycles. The molecule has 0 unspecified atom stereocenters.